The van der Waals surface area contributed by atoms with Gasteiger partial charge in [0.05, 0.1) is 33.5 Å². The van der Waals surface area contributed by atoms with Crippen molar-refractivity contribution in [3.8, 4) is 11.5 Å². The topological polar surface area (TPSA) is 73.2 Å². The molecule has 2 aliphatic carbocycles. The number of piperidine rings is 1. The number of halogens is 2. The van der Waals surface area contributed by atoms with Crippen molar-refractivity contribution in [3.05, 3.63) is 93.0 Å². The molecule has 1 saturated heterocycles. The number of hydrogen-bond donors (Lipinski definition) is 2. The highest BCUT2D eigenvalue weighted by Gasteiger charge is 2.73. The van der Waals surface area contributed by atoms with Crippen molar-refractivity contribution in [2.45, 2.75) is 67.7 Å². The zero-order chi connectivity index (χ0) is 28.5. The Bertz CT molecular complexity index is 1520. The minimum absolute atomic E-state index is 0.0492. The Kier molecular flexibility index (Phi) is 6.55. The van der Waals surface area contributed by atoms with E-state index in [1.807, 2.05) is 25.2 Å². The highest BCUT2D eigenvalue weighted by atomic mass is 35.5. The molecule has 0 aromatic heterocycles. The average molecular weight is 594 g/mol. The number of carbonyl (C=O) groups excluding carboxylic acids is 1. The molecule has 214 valence electrons. The first-order valence-electron chi connectivity index (χ1n) is 14.4. The van der Waals surface area contributed by atoms with Gasteiger partial charge in [0.2, 0.25) is 5.91 Å². The van der Waals surface area contributed by atoms with Gasteiger partial charge in [-0.2, -0.15) is 0 Å². The van der Waals surface area contributed by atoms with Gasteiger partial charge in [-0.3, -0.25) is 9.69 Å². The highest BCUT2D eigenvalue weighted by molar-refractivity contribution is 6.42. The van der Waals surface area contributed by atoms with Crippen LogP contribution in [0.4, 0.5) is 0 Å². The van der Waals surface area contributed by atoms with E-state index >= 15 is 0 Å². The fourth-order valence-electron chi connectivity index (χ4n) is 8.32. The van der Waals surface area contributed by atoms with E-state index in [1.54, 1.807) is 23.1 Å². The lowest BCUT2D eigenvalue weighted by atomic mass is 9.48. The van der Waals surface area contributed by atoms with Crippen LogP contribution in [0.15, 0.2) is 60.7 Å². The maximum Gasteiger partial charge on any atom is 0.227 e. The van der Waals surface area contributed by atoms with E-state index in [-0.39, 0.29) is 30.2 Å². The number of likely N-dealkylation sites (N-methyl/N-ethyl adjacent to an activating group) is 1. The van der Waals surface area contributed by atoms with E-state index in [9.17, 15) is 15.0 Å². The van der Waals surface area contributed by atoms with Crippen LogP contribution in [0.3, 0.4) is 0 Å². The number of benzene rings is 3. The van der Waals surface area contributed by atoms with Gasteiger partial charge >= 0.3 is 0 Å². The van der Waals surface area contributed by atoms with Crippen LogP contribution >= 0.6 is 23.2 Å². The van der Waals surface area contributed by atoms with Gasteiger partial charge in [0, 0.05) is 25.2 Å². The number of carbonyl (C=O) groups is 1. The summed E-state index contributed by atoms with van der Waals surface area (Å²) < 4.78 is 6.65. The van der Waals surface area contributed by atoms with Crippen molar-refractivity contribution in [2.24, 2.45) is 0 Å². The number of aliphatic hydroxyl groups is 1. The Morgan fingerprint density at radius 2 is 1.88 bits per heavy atom. The number of phenols is 1. The summed E-state index contributed by atoms with van der Waals surface area (Å²) in [5, 5.41) is 24.6. The molecule has 2 fully saturated rings. The second-order valence-corrected chi connectivity index (χ2v) is 13.0. The van der Waals surface area contributed by atoms with Crippen LogP contribution in [-0.2, 0) is 29.5 Å². The monoisotopic (exact) mass is 592 g/mol. The molecule has 8 heteroatoms. The molecule has 6 nitrogen and oxygen atoms in total. The van der Waals surface area contributed by atoms with Crippen LogP contribution in [0.5, 0.6) is 11.5 Å². The fraction of sp³-hybridized carbons (Fsp3) is 0.424. The Morgan fingerprint density at radius 3 is 2.66 bits per heavy atom. The zero-order valence-corrected chi connectivity index (χ0v) is 24.5. The summed E-state index contributed by atoms with van der Waals surface area (Å²) in [6, 6.07) is 19.1. The number of hydrogen-bond acceptors (Lipinski definition) is 5. The molecule has 1 saturated carbocycles. The van der Waals surface area contributed by atoms with Crippen LogP contribution in [0.2, 0.25) is 10.0 Å². The summed E-state index contributed by atoms with van der Waals surface area (Å²) in [6.45, 7) is 1.69. The van der Waals surface area contributed by atoms with Crippen molar-refractivity contribution in [3.63, 3.8) is 0 Å². The van der Waals surface area contributed by atoms with Gasteiger partial charge in [-0.05, 0) is 73.5 Å². The molecule has 5 atom stereocenters. The molecule has 4 aliphatic rings. The lowest BCUT2D eigenvalue weighted by Gasteiger charge is -2.64. The molecule has 2 bridgehead atoms. The standard InChI is InChI=1S/C33H34Cl2N2O4/c1-36(28(39)18-21-7-9-23(34)24(35)17-21)25-11-13-33(40)27-19-22-8-10-26(38)30-29(22)32(33,31(25)41-30)14-16-37(27)15-12-20-5-3-2-4-6-20/h2-10,17,25,27,31,38,40H,11-16,18-19H2,1H3/t25?,27-,31?,32+,33-/m1/s1. The van der Waals surface area contributed by atoms with E-state index in [4.69, 9.17) is 27.9 Å². The Balaban J connectivity index is 1.21. The highest BCUT2D eigenvalue weighted by Crippen LogP contribution is 2.65. The first-order valence-corrected chi connectivity index (χ1v) is 15.2. The van der Waals surface area contributed by atoms with Crippen LogP contribution in [0.25, 0.3) is 0 Å². The summed E-state index contributed by atoms with van der Waals surface area (Å²) in [4.78, 5) is 17.8. The minimum Gasteiger partial charge on any atom is -0.504 e. The smallest absolute Gasteiger partial charge is 0.227 e. The van der Waals surface area contributed by atoms with E-state index < -0.39 is 17.1 Å². The Morgan fingerprint density at radius 1 is 1.07 bits per heavy atom. The van der Waals surface area contributed by atoms with E-state index in [0.717, 1.165) is 36.2 Å². The maximum atomic E-state index is 13.6. The van der Waals surface area contributed by atoms with Crippen molar-refractivity contribution in [2.75, 3.05) is 20.1 Å². The van der Waals surface area contributed by atoms with Gasteiger partial charge < -0.3 is 19.8 Å². The summed E-state index contributed by atoms with van der Waals surface area (Å²) in [6.07, 6.45) is 3.24. The number of phenolic OH excluding ortho intramolecular Hbond substituents is 1. The number of likely N-dealkylation sites (tertiary alicyclic amines) is 1. The molecule has 2 unspecified atom stereocenters. The Labute approximate surface area is 250 Å². The average Bonchev–Trinajstić information content (AvgIpc) is 3.32. The van der Waals surface area contributed by atoms with Crippen LogP contribution < -0.4 is 4.74 Å². The van der Waals surface area contributed by atoms with Crippen LogP contribution in [0.1, 0.15) is 41.5 Å². The lowest BCUT2D eigenvalue weighted by Crippen LogP contribution is -2.78. The van der Waals surface area contributed by atoms with E-state index in [2.05, 4.69) is 29.2 Å². The maximum absolute atomic E-state index is 13.6. The molecule has 2 aliphatic heterocycles. The number of nitrogens with zero attached hydrogens (tertiary/aromatic N) is 2. The molecule has 3 aromatic carbocycles. The molecular formula is C33H34Cl2N2O4. The second kappa shape index (κ2) is 9.91. The summed E-state index contributed by atoms with van der Waals surface area (Å²) in [7, 11) is 1.83. The number of ether oxygens (including phenoxy) is 1. The van der Waals surface area contributed by atoms with Gasteiger partial charge in [0.1, 0.15) is 6.10 Å². The molecule has 2 N–H and O–H groups in total. The number of aromatic hydroxyl groups is 1. The lowest BCUT2D eigenvalue weighted by molar-refractivity contribution is -0.199. The molecule has 7 rings (SSSR count). The van der Waals surface area contributed by atoms with Crippen molar-refractivity contribution in [1.82, 2.24) is 9.80 Å². The Hall–Kier alpha value is -2.77. The predicted molar refractivity (Wildman–Crippen MR) is 159 cm³/mol. The van der Waals surface area contributed by atoms with Crippen molar-refractivity contribution in [1.29, 1.82) is 0 Å². The largest absolute Gasteiger partial charge is 0.504 e. The van der Waals surface area contributed by atoms with Gasteiger partial charge in [0.15, 0.2) is 11.5 Å². The third kappa shape index (κ3) is 4.02. The molecule has 41 heavy (non-hydrogen) atoms. The molecule has 2 heterocycles. The molecule has 1 spiro atoms. The quantitative estimate of drug-likeness (QED) is 0.413. The second-order valence-electron chi connectivity index (χ2n) is 12.2. The molecule has 3 aromatic rings. The summed E-state index contributed by atoms with van der Waals surface area (Å²) in [5.74, 6) is 0.537. The number of amides is 1. The van der Waals surface area contributed by atoms with Crippen molar-refractivity contribution < 1.29 is 19.7 Å². The fourth-order valence-corrected chi connectivity index (χ4v) is 8.64. The third-order valence-electron chi connectivity index (χ3n) is 10.3. The summed E-state index contributed by atoms with van der Waals surface area (Å²) >= 11 is 12.3. The predicted octanol–water partition coefficient (Wildman–Crippen LogP) is 5.17. The third-order valence-corrected chi connectivity index (χ3v) is 11.0. The molecule has 1 amide bonds. The first kappa shape index (κ1) is 27.1. The molecular weight excluding hydrogens is 559 g/mol. The van der Waals surface area contributed by atoms with Gasteiger partial charge in [-0.1, -0.05) is 65.7 Å². The van der Waals surface area contributed by atoms with Gasteiger partial charge in [-0.25, -0.2) is 0 Å². The molecule has 0 radical (unpaired) electrons. The van der Waals surface area contributed by atoms with Gasteiger partial charge in [-0.15, -0.1) is 0 Å². The zero-order valence-electron chi connectivity index (χ0n) is 23.0. The normalized spacial score (nSPS) is 29.5. The van der Waals surface area contributed by atoms with Crippen LogP contribution in [0, 0.1) is 0 Å². The van der Waals surface area contributed by atoms with E-state index in [0.29, 0.717) is 41.5 Å². The van der Waals surface area contributed by atoms with Gasteiger partial charge in [0.25, 0.3) is 0 Å². The SMILES string of the molecule is CN(C(=O)Cc1ccc(Cl)c(Cl)c1)C1CC[C@@]2(O)[C@H]3Cc4ccc(O)c5c4[C@@]2(CCN3CCc2ccccc2)C1O5. The number of rotatable bonds is 6. The minimum atomic E-state index is -1.03. The summed E-state index contributed by atoms with van der Waals surface area (Å²) in [5.41, 5.74) is 2.45. The van der Waals surface area contributed by atoms with E-state index in [1.165, 1.54) is 5.56 Å². The van der Waals surface area contributed by atoms with Crippen LogP contribution in [-0.4, -0.2) is 69.8 Å². The van der Waals surface area contributed by atoms with Crippen molar-refractivity contribution >= 4 is 29.1 Å². The first-order chi connectivity index (χ1) is 19.7.